The lowest BCUT2D eigenvalue weighted by molar-refractivity contribution is -0.0457. The summed E-state index contributed by atoms with van der Waals surface area (Å²) in [6.07, 6.45) is -0.399. The molecule has 0 amide bonds. The average Bonchev–Trinajstić information content (AvgIpc) is 3.24. The Morgan fingerprint density at radius 1 is 1.33 bits per heavy atom. The summed E-state index contributed by atoms with van der Waals surface area (Å²) in [7, 11) is 0. The van der Waals surface area contributed by atoms with Crippen molar-refractivity contribution in [3.8, 4) is 17.1 Å². The van der Waals surface area contributed by atoms with Gasteiger partial charge in [-0.3, -0.25) is 4.57 Å². The molecular formula is C19H20N2O6. The smallest absolute Gasteiger partial charge is 0.353 e. The molecule has 2 aromatic heterocycles. The number of aromatic nitrogens is 2. The lowest BCUT2D eigenvalue weighted by Crippen LogP contribution is -2.27. The second kappa shape index (κ2) is 7.15. The number of ether oxygens (including phenoxy) is 2. The van der Waals surface area contributed by atoms with E-state index in [9.17, 15) is 15.0 Å². The minimum Gasteiger partial charge on any atom is -0.494 e. The zero-order valence-corrected chi connectivity index (χ0v) is 14.7. The summed E-state index contributed by atoms with van der Waals surface area (Å²) in [5, 5.41) is 19.7. The van der Waals surface area contributed by atoms with E-state index in [1.165, 1.54) is 4.57 Å². The number of benzene rings is 1. The molecule has 3 atom stereocenters. The van der Waals surface area contributed by atoms with Crippen LogP contribution in [0.4, 0.5) is 0 Å². The fraction of sp³-hybridized carbons (Fsp3) is 0.368. The summed E-state index contributed by atoms with van der Waals surface area (Å²) in [4.78, 5) is 16.3. The molecule has 27 heavy (non-hydrogen) atoms. The van der Waals surface area contributed by atoms with Gasteiger partial charge in [0.05, 0.1) is 24.7 Å². The summed E-state index contributed by atoms with van der Waals surface area (Å²) in [5.74, 6) is 1.35. The predicted octanol–water partition coefficient (Wildman–Crippen LogP) is 1.70. The van der Waals surface area contributed by atoms with Crippen LogP contribution in [0.3, 0.4) is 0 Å². The molecule has 8 nitrogen and oxygen atoms in total. The molecule has 1 aromatic carbocycles. The van der Waals surface area contributed by atoms with Gasteiger partial charge >= 0.3 is 5.69 Å². The Bertz CT molecular complexity index is 994. The fourth-order valence-corrected chi connectivity index (χ4v) is 3.21. The van der Waals surface area contributed by atoms with Crippen LogP contribution in [-0.2, 0) is 4.74 Å². The van der Waals surface area contributed by atoms with Crippen molar-refractivity contribution in [2.45, 2.75) is 31.8 Å². The first-order valence-electron chi connectivity index (χ1n) is 8.79. The number of nitrogens with zero attached hydrogens (tertiary/aromatic N) is 2. The van der Waals surface area contributed by atoms with Crippen molar-refractivity contribution in [2.24, 2.45) is 0 Å². The van der Waals surface area contributed by atoms with Gasteiger partial charge in [0.25, 0.3) is 0 Å². The Balaban J connectivity index is 1.66. The van der Waals surface area contributed by atoms with Gasteiger partial charge in [-0.15, -0.1) is 0 Å². The first-order valence-corrected chi connectivity index (χ1v) is 8.79. The van der Waals surface area contributed by atoms with Crippen LogP contribution in [0.15, 0.2) is 45.7 Å². The highest BCUT2D eigenvalue weighted by Gasteiger charge is 2.35. The van der Waals surface area contributed by atoms with Crippen LogP contribution in [0.2, 0.25) is 0 Å². The van der Waals surface area contributed by atoms with Gasteiger partial charge in [0.1, 0.15) is 23.8 Å². The van der Waals surface area contributed by atoms with Gasteiger partial charge in [0.2, 0.25) is 5.71 Å². The molecule has 0 saturated carbocycles. The third-order valence-electron chi connectivity index (χ3n) is 4.58. The summed E-state index contributed by atoms with van der Waals surface area (Å²) in [5.41, 5.74) is 0.534. The quantitative estimate of drug-likeness (QED) is 0.702. The van der Waals surface area contributed by atoms with E-state index in [0.29, 0.717) is 17.8 Å². The van der Waals surface area contributed by atoms with E-state index in [2.05, 4.69) is 4.98 Å². The van der Waals surface area contributed by atoms with E-state index in [4.69, 9.17) is 13.9 Å². The molecule has 4 rings (SSSR count). The van der Waals surface area contributed by atoms with Crippen LogP contribution >= 0.6 is 0 Å². The monoisotopic (exact) mass is 372 g/mol. The Hall–Kier alpha value is -2.68. The third-order valence-corrected chi connectivity index (χ3v) is 4.58. The standard InChI is InChI=1S/C19H20N2O6/c1-2-25-13-5-3-11(4-6-13)15-7-12-9-21(19(24)20-18(12)27-15)17-8-14(23)16(10-22)26-17/h3-7,9,14,16-17,22-23H,2,8,10H2,1H3. The van der Waals surface area contributed by atoms with Gasteiger partial charge in [0, 0.05) is 18.2 Å². The number of hydrogen-bond acceptors (Lipinski definition) is 7. The Kier molecular flexibility index (Phi) is 4.69. The molecule has 3 unspecified atom stereocenters. The Morgan fingerprint density at radius 2 is 2.11 bits per heavy atom. The van der Waals surface area contributed by atoms with Crippen LogP contribution in [-0.4, -0.2) is 45.2 Å². The molecular weight excluding hydrogens is 352 g/mol. The molecule has 1 saturated heterocycles. The molecule has 0 spiro atoms. The zero-order chi connectivity index (χ0) is 19.0. The second-order valence-corrected chi connectivity index (χ2v) is 6.37. The van der Waals surface area contributed by atoms with Crippen molar-refractivity contribution in [1.29, 1.82) is 0 Å². The van der Waals surface area contributed by atoms with E-state index < -0.39 is 24.1 Å². The zero-order valence-electron chi connectivity index (χ0n) is 14.7. The molecule has 8 heteroatoms. The SMILES string of the molecule is CCOc1ccc(-c2cc3cn(C4CC(O)C(CO)O4)c(=O)nc3o2)cc1. The highest BCUT2D eigenvalue weighted by atomic mass is 16.5. The minimum absolute atomic E-state index is 0.210. The summed E-state index contributed by atoms with van der Waals surface area (Å²) >= 11 is 0. The third kappa shape index (κ3) is 3.34. The first kappa shape index (κ1) is 17.7. The topological polar surface area (TPSA) is 107 Å². The minimum atomic E-state index is -0.827. The number of aliphatic hydroxyl groups excluding tert-OH is 2. The summed E-state index contributed by atoms with van der Waals surface area (Å²) < 4.78 is 18.0. The molecule has 1 aliphatic rings. The summed E-state index contributed by atoms with van der Waals surface area (Å²) in [6.45, 7) is 2.20. The van der Waals surface area contributed by atoms with Gasteiger partial charge in [-0.05, 0) is 37.3 Å². The van der Waals surface area contributed by atoms with Crippen molar-refractivity contribution in [3.63, 3.8) is 0 Å². The molecule has 0 bridgehead atoms. The van der Waals surface area contributed by atoms with Gasteiger partial charge in [0.15, 0.2) is 0 Å². The van der Waals surface area contributed by atoms with Crippen LogP contribution in [0.25, 0.3) is 22.4 Å². The number of rotatable bonds is 5. The molecule has 0 radical (unpaired) electrons. The summed E-state index contributed by atoms with van der Waals surface area (Å²) in [6, 6.07) is 9.24. The molecule has 1 aliphatic heterocycles. The maximum absolute atomic E-state index is 12.3. The van der Waals surface area contributed by atoms with Gasteiger partial charge in [-0.25, -0.2) is 4.79 Å². The molecule has 2 N–H and O–H groups in total. The van der Waals surface area contributed by atoms with E-state index in [0.717, 1.165) is 11.3 Å². The molecule has 3 heterocycles. The maximum atomic E-state index is 12.3. The largest absolute Gasteiger partial charge is 0.494 e. The van der Waals surface area contributed by atoms with Gasteiger partial charge in [-0.2, -0.15) is 4.98 Å². The van der Waals surface area contributed by atoms with Crippen molar-refractivity contribution in [3.05, 3.63) is 47.0 Å². The van der Waals surface area contributed by atoms with E-state index >= 15 is 0 Å². The Labute approximate surface area is 154 Å². The van der Waals surface area contributed by atoms with E-state index in [1.807, 2.05) is 31.2 Å². The Morgan fingerprint density at radius 3 is 2.78 bits per heavy atom. The predicted molar refractivity (Wildman–Crippen MR) is 96.5 cm³/mol. The van der Waals surface area contributed by atoms with Crippen molar-refractivity contribution in [1.82, 2.24) is 9.55 Å². The van der Waals surface area contributed by atoms with Crippen LogP contribution < -0.4 is 10.4 Å². The van der Waals surface area contributed by atoms with Crippen molar-refractivity contribution < 1.29 is 24.1 Å². The molecule has 0 aliphatic carbocycles. The maximum Gasteiger partial charge on any atom is 0.353 e. The van der Waals surface area contributed by atoms with Gasteiger partial charge < -0.3 is 24.1 Å². The van der Waals surface area contributed by atoms with Crippen molar-refractivity contribution >= 4 is 11.1 Å². The molecule has 142 valence electrons. The first-order chi connectivity index (χ1) is 13.1. The number of hydrogen-bond donors (Lipinski definition) is 2. The van der Waals surface area contributed by atoms with E-state index in [1.54, 1.807) is 12.3 Å². The van der Waals surface area contributed by atoms with Crippen LogP contribution in [0.1, 0.15) is 19.6 Å². The number of aliphatic hydroxyl groups is 2. The highest BCUT2D eigenvalue weighted by molar-refractivity contribution is 5.79. The average molecular weight is 372 g/mol. The highest BCUT2D eigenvalue weighted by Crippen LogP contribution is 2.30. The van der Waals surface area contributed by atoms with Crippen LogP contribution in [0.5, 0.6) is 5.75 Å². The lowest BCUT2D eigenvalue weighted by atomic mass is 10.1. The normalized spacial score (nSPS) is 22.4. The van der Waals surface area contributed by atoms with Gasteiger partial charge in [-0.1, -0.05) is 0 Å². The fourth-order valence-electron chi connectivity index (χ4n) is 3.21. The molecule has 1 fully saturated rings. The van der Waals surface area contributed by atoms with Crippen LogP contribution in [0, 0.1) is 0 Å². The second-order valence-electron chi connectivity index (χ2n) is 6.37. The van der Waals surface area contributed by atoms with Crippen molar-refractivity contribution in [2.75, 3.05) is 13.2 Å². The van der Waals surface area contributed by atoms with E-state index in [-0.39, 0.29) is 18.7 Å². The molecule has 3 aromatic rings. The lowest BCUT2D eigenvalue weighted by Gasteiger charge is -2.13. The number of furan rings is 1. The number of fused-ring (bicyclic) bond motifs is 1.